The van der Waals surface area contributed by atoms with Crippen LogP contribution >= 0.6 is 0 Å². The molecule has 2 N–H and O–H groups in total. The van der Waals surface area contributed by atoms with Crippen LogP contribution in [0.1, 0.15) is 10.4 Å². The third-order valence-electron chi connectivity index (χ3n) is 4.53. The molecule has 0 atom stereocenters. The van der Waals surface area contributed by atoms with E-state index in [1.54, 1.807) is 33.6 Å². The Morgan fingerprint density at radius 2 is 1.92 bits per heavy atom. The predicted octanol–water partition coefficient (Wildman–Crippen LogP) is 1.26. The van der Waals surface area contributed by atoms with Crippen LogP contribution in [-0.2, 0) is 4.74 Å². The number of hydrogen-bond acceptors (Lipinski definition) is 6. The van der Waals surface area contributed by atoms with Crippen LogP contribution in [0.4, 0.5) is 0 Å². The Bertz CT molecular complexity index is 768. The zero-order chi connectivity index (χ0) is 18.5. The lowest BCUT2D eigenvalue weighted by Crippen LogP contribution is -2.41. The van der Waals surface area contributed by atoms with Gasteiger partial charge in [0.05, 0.1) is 51.0 Å². The molecule has 1 aromatic heterocycles. The normalized spacial score (nSPS) is 15.0. The molecule has 1 amide bonds. The topological polar surface area (TPSA) is 85.1 Å². The van der Waals surface area contributed by atoms with E-state index in [-0.39, 0.29) is 5.91 Å². The molecule has 0 bridgehead atoms. The minimum Gasteiger partial charge on any atom is -0.493 e. The van der Waals surface area contributed by atoms with Gasteiger partial charge in [0.1, 0.15) is 0 Å². The van der Waals surface area contributed by atoms with E-state index in [0.717, 1.165) is 38.4 Å². The summed E-state index contributed by atoms with van der Waals surface area (Å²) >= 11 is 0. The van der Waals surface area contributed by atoms with Crippen LogP contribution in [-0.4, -0.2) is 76.5 Å². The minimum absolute atomic E-state index is 0.157. The average molecular weight is 363 g/mol. The van der Waals surface area contributed by atoms with Gasteiger partial charge in [-0.3, -0.25) is 9.69 Å². The van der Waals surface area contributed by atoms with E-state index in [1.807, 2.05) is 0 Å². The maximum atomic E-state index is 12.7. The second-order valence-corrected chi connectivity index (χ2v) is 5.98. The highest BCUT2D eigenvalue weighted by atomic mass is 16.5. The van der Waals surface area contributed by atoms with E-state index >= 15 is 0 Å². The fourth-order valence-electron chi connectivity index (χ4n) is 3.19. The van der Waals surface area contributed by atoms with Gasteiger partial charge >= 0.3 is 0 Å². The number of nitrogens with one attached hydrogen (secondary N) is 2. The fourth-order valence-corrected chi connectivity index (χ4v) is 3.19. The van der Waals surface area contributed by atoms with Crippen LogP contribution in [0.2, 0.25) is 0 Å². The van der Waals surface area contributed by atoms with Crippen molar-refractivity contribution in [3.8, 4) is 17.2 Å². The molecular formula is C18H25N3O5. The summed E-state index contributed by atoms with van der Waals surface area (Å²) in [6.07, 6.45) is 1.68. The molecule has 8 nitrogen and oxygen atoms in total. The molecule has 0 spiro atoms. The summed E-state index contributed by atoms with van der Waals surface area (Å²) in [5.74, 6) is 1.32. The van der Waals surface area contributed by atoms with Crippen LogP contribution in [0.25, 0.3) is 10.9 Å². The molecule has 1 aliphatic rings. The van der Waals surface area contributed by atoms with Gasteiger partial charge in [-0.25, -0.2) is 0 Å². The molecule has 0 aliphatic carbocycles. The smallest absolute Gasteiger partial charge is 0.253 e. The molecule has 3 rings (SSSR count). The first-order valence-electron chi connectivity index (χ1n) is 8.58. The van der Waals surface area contributed by atoms with Gasteiger partial charge in [-0.1, -0.05) is 0 Å². The third kappa shape index (κ3) is 3.56. The first-order valence-corrected chi connectivity index (χ1v) is 8.58. The molecular weight excluding hydrogens is 338 g/mol. The molecule has 142 valence electrons. The number of nitrogens with zero attached hydrogens (tertiary/aromatic N) is 1. The van der Waals surface area contributed by atoms with E-state index in [2.05, 4.69) is 15.2 Å². The van der Waals surface area contributed by atoms with Gasteiger partial charge in [-0.15, -0.1) is 0 Å². The van der Waals surface area contributed by atoms with Crippen molar-refractivity contribution < 1.29 is 23.7 Å². The molecule has 0 radical (unpaired) electrons. The van der Waals surface area contributed by atoms with E-state index in [4.69, 9.17) is 18.9 Å². The Balaban J connectivity index is 1.79. The third-order valence-corrected chi connectivity index (χ3v) is 4.53. The van der Waals surface area contributed by atoms with Crippen LogP contribution in [0.3, 0.4) is 0 Å². The van der Waals surface area contributed by atoms with Crippen LogP contribution < -0.4 is 19.5 Å². The number of H-pyrrole nitrogens is 1. The number of benzene rings is 1. The Kier molecular flexibility index (Phi) is 5.85. The van der Waals surface area contributed by atoms with Gasteiger partial charge in [0.15, 0.2) is 11.5 Å². The summed E-state index contributed by atoms with van der Waals surface area (Å²) in [7, 11) is 4.65. The highest BCUT2D eigenvalue weighted by Crippen LogP contribution is 2.44. The lowest BCUT2D eigenvalue weighted by Gasteiger charge is -2.26. The summed E-state index contributed by atoms with van der Waals surface area (Å²) in [5.41, 5.74) is 1.26. The molecule has 1 saturated heterocycles. The number of carbonyl (C=O) groups is 1. The van der Waals surface area contributed by atoms with Crippen molar-refractivity contribution in [2.45, 2.75) is 0 Å². The lowest BCUT2D eigenvalue weighted by atomic mass is 10.1. The van der Waals surface area contributed by atoms with Gasteiger partial charge in [0.25, 0.3) is 5.91 Å². The van der Waals surface area contributed by atoms with Crippen molar-refractivity contribution in [1.29, 1.82) is 0 Å². The zero-order valence-electron chi connectivity index (χ0n) is 15.4. The van der Waals surface area contributed by atoms with Crippen LogP contribution in [0.5, 0.6) is 17.2 Å². The minimum atomic E-state index is -0.157. The standard InChI is InChI=1S/C18H25N3O5/c1-23-14-10-13-15(17(25-3)16(14)24-2)12(11-20-13)18(22)19-4-5-21-6-8-26-9-7-21/h10-11,20H,4-9H2,1-3H3,(H,19,22). The number of rotatable bonds is 7. The fraction of sp³-hybridized carbons (Fsp3) is 0.500. The molecule has 2 heterocycles. The monoisotopic (exact) mass is 363 g/mol. The van der Waals surface area contributed by atoms with Crippen molar-refractivity contribution in [1.82, 2.24) is 15.2 Å². The molecule has 8 heteroatoms. The van der Waals surface area contributed by atoms with Crippen LogP contribution in [0.15, 0.2) is 12.3 Å². The molecule has 2 aromatic rings. The Morgan fingerprint density at radius 1 is 1.19 bits per heavy atom. The average Bonchev–Trinajstić information content (AvgIpc) is 3.10. The number of aromatic amines is 1. The molecule has 0 saturated carbocycles. The van der Waals surface area contributed by atoms with Crippen molar-refractivity contribution in [2.24, 2.45) is 0 Å². The number of aromatic nitrogens is 1. The highest BCUT2D eigenvalue weighted by Gasteiger charge is 2.22. The maximum absolute atomic E-state index is 12.7. The van der Waals surface area contributed by atoms with Crippen molar-refractivity contribution in [3.05, 3.63) is 17.8 Å². The van der Waals surface area contributed by atoms with E-state index in [9.17, 15) is 4.79 Å². The van der Waals surface area contributed by atoms with Gasteiger partial charge in [0, 0.05) is 38.4 Å². The number of methoxy groups -OCH3 is 3. The van der Waals surface area contributed by atoms with Gasteiger partial charge < -0.3 is 29.2 Å². The van der Waals surface area contributed by atoms with Crippen molar-refractivity contribution in [2.75, 3.05) is 60.7 Å². The largest absolute Gasteiger partial charge is 0.493 e. The maximum Gasteiger partial charge on any atom is 0.253 e. The Labute approximate surface area is 152 Å². The molecule has 26 heavy (non-hydrogen) atoms. The molecule has 0 unspecified atom stereocenters. The number of ether oxygens (including phenoxy) is 4. The molecule has 1 aliphatic heterocycles. The first kappa shape index (κ1) is 18.3. The highest BCUT2D eigenvalue weighted by molar-refractivity contribution is 6.10. The first-order chi connectivity index (χ1) is 12.7. The Morgan fingerprint density at radius 3 is 2.58 bits per heavy atom. The van der Waals surface area contributed by atoms with Crippen molar-refractivity contribution in [3.63, 3.8) is 0 Å². The Hall–Kier alpha value is -2.45. The quantitative estimate of drug-likeness (QED) is 0.770. The predicted molar refractivity (Wildman–Crippen MR) is 97.5 cm³/mol. The zero-order valence-corrected chi connectivity index (χ0v) is 15.4. The number of morpholine rings is 1. The van der Waals surface area contributed by atoms with Gasteiger partial charge in [-0.05, 0) is 0 Å². The SMILES string of the molecule is COc1cc2[nH]cc(C(=O)NCCN3CCOCC3)c2c(OC)c1OC. The van der Waals surface area contributed by atoms with E-state index < -0.39 is 0 Å². The van der Waals surface area contributed by atoms with Gasteiger partial charge in [-0.2, -0.15) is 0 Å². The summed E-state index contributed by atoms with van der Waals surface area (Å²) in [6, 6.07) is 1.79. The molecule has 1 fully saturated rings. The summed E-state index contributed by atoms with van der Waals surface area (Å²) < 4.78 is 21.6. The van der Waals surface area contributed by atoms with Gasteiger partial charge in [0.2, 0.25) is 5.75 Å². The van der Waals surface area contributed by atoms with Crippen LogP contribution in [0, 0.1) is 0 Å². The van der Waals surface area contributed by atoms with Crippen molar-refractivity contribution >= 4 is 16.8 Å². The molecule has 1 aromatic carbocycles. The summed E-state index contributed by atoms with van der Waals surface area (Å²) in [4.78, 5) is 18.1. The second-order valence-electron chi connectivity index (χ2n) is 5.98. The number of fused-ring (bicyclic) bond motifs is 1. The lowest BCUT2D eigenvalue weighted by molar-refractivity contribution is 0.0383. The van der Waals surface area contributed by atoms with E-state index in [1.165, 1.54) is 0 Å². The number of hydrogen-bond donors (Lipinski definition) is 2. The second kappa shape index (κ2) is 8.29. The summed E-state index contributed by atoms with van der Waals surface area (Å²) in [6.45, 7) is 4.65. The van der Waals surface area contributed by atoms with E-state index in [0.29, 0.717) is 34.7 Å². The summed E-state index contributed by atoms with van der Waals surface area (Å²) in [5, 5.41) is 3.65. The number of carbonyl (C=O) groups excluding carboxylic acids is 1. The number of amides is 1.